The van der Waals surface area contributed by atoms with E-state index in [4.69, 9.17) is 27.9 Å². The number of nitrogens with one attached hydrogen (secondary N) is 1. The number of anilines is 1. The summed E-state index contributed by atoms with van der Waals surface area (Å²) in [5.41, 5.74) is 0.590. The quantitative estimate of drug-likeness (QED) is 0.623. The zero-order valence-corrected chi connectivity index (χ0v) is 14.9. The monoisotopic (exact) mass is 378 g/mol. The van der Waals surface area contributed by atoms with E-state index >= 15 is 0 Å². The van der Waals surface area contributed by atoms with Gasteiger partial charge in [0.15, 0.2) is 0 Å². The van der Waals surface area contributed by atoms with E-state index < -0.39 is 0 Å². The van der Waals surface area contributed by atoms with E-state index in [0.717, 1.165) is 4.88 Å². The lowest BCUT2D eigenvalue weighted by Gasteiger charge is -2.09. The van der Waals surface area contributed by atoms with Crippen LogP contribution in [0.1, 0.15) is 14.5 Å². The number of carbonyl (C=O) groups excluding carboxylic acids is 1. The topological polar surface area (TPSA) is 51.2 Å². The molecule has 1 aromatic carbocycles. The number of ether oxygens (including phenoxy) is 1. The molecule has 24 heavy (non-hydrogen) atoms. The second kappa shape index (κ2) is 7.21. The van der Waals surface area contributed by atoms with Gasteiger partial charge in [-0.05, 0) is 43.3 Å². The highest BCUT2D eigenvalue weighted by molar-refractivity contribution is 7.14. The molecule has 2 aromatic heterocycles. The van der Waals surface area contributed by atoms with Gasteiger partial charge in [0.25, 0.3) is 5.91 Å². The number of hydrogen-bond acceptors (Lipinski definition) is 4. The SMILES string of the molecule is Cc1ccc(C(=O)Nc2ccc(Oc3ccc(Cl)cn3)c(Cl)c2)s1. The van der Waals surface area contributed by atoms with E-state index in [9.17, 15) is 4.79 Å². The smallest absolute Gasteiger partial charge is 0.265 e. The van der Waals surface area contributed by atoms with E-state index in [0.29, 0.717) is 32.2 Å². The largest absolute Gasteiger partial charge is 0.437 e. The van der Waals surface area contributed by atoms with E-state index in [1.807, 2.05) is 13.0 Å². The Hall–Kier alpha value is -2.08. The Morgan fingerprint density at radius 3 is 2.62 bits per heavy atom. The Bertz CT molecular complexity index is 879. The van der Waals surface area contributed by atoms with Gasteiger partial charge in [-0.3, -0.25) is 4.79 Å². The first-order valence-corrected chi connectivity index (χ1v) is 8.55. The number of pyridine rings is 1. The Labute approximate surface area is 153 Å². The van der Waals surface area contributed by atoms with Crippen molar-refractivity contribution in [3.63, 3.8) is 0 Å². The molecule has 0 atom stereocenters. The number of aromatic nitrogens is 1. The Morgan fingerprint density at radius 2 is 2.00 bits per heavy atom. The highest BCUT2D eigenvalue weighted by Crippen LogP contribution is 2.31. The molecule has 0 spiro atoms. The van der Waals surface area contributed by atoms with E-state index in [1.54, 1.807) is 36.4 Å². The highest BCUT2D eigenvalue weighted by Gasteiger charge is 2.11. The highest BCUT2D eigenvalue weighted by atomic mass is 35.5. The van der Waals surface area contributed by atoms with Crippen LogP contribution in [-0.2, 0) is 0 Å². The van der Waals surface area contributed by atoms with Crippen molar-refractivity contribution in [2.24, 2.45) is 0 Å². The lowest BCUT2D eigenvalue weighted by Crippen LogP contribution is -2.09. The number of nitrogens with zero attached hydrogens (tertiary/aromatic N) is 1. The van der Waals surface area contributed by atoms with Crippen LogP contribution in [0.5, 0.6) is 11.6 Å². The first-order chi connectivity index (χ1) is 11.5. The van der Waals surface area contributed by atoms with Crippen molar-refractivity contribution in [1.82, 2.24) is 4.98 Å². The Kier molecular flexibility index (Phi) is 5.04. The minimum absolute atomic E-state index is 0.169. The van der Waals surface area contributed by atoms with Crippen molar-refractivity contribution in [2.75, 3.05) is 5.32 Å². The molecule has 1 amide bonds. The molecule has 122 valence electrons. The molecule has 0 bridgehead atoms. The minimum atomic E-state index is -0.169. The van der Waals surface area contributed by atoms with Gasteiger partial charge >= 0.3 is 0 Å². The molecular formula is C17H12Cl2N2O2S. The molecule has 3 rings (SSSR count). The van der Waals surface area contributed by atoms with Crippen LogP contribution in [0.2, 0.25) is 10.0 Å². The van der Waals surface area contributed by atoms with Gasteiger partial charge < -0.3 is 10.1 Å². The Morgan fingerprint density at radius 1 is 1.17 bits per heavy atom. The van der Waals surface area contributed by atoms with Crippen LogP contribution < -0.4 is 10.1 Å². The van der Waals surface area contributed by atoms with E-state index in [-0.39, 0.29) is 5.91 Å². The number of rotatable bonds is 4. The summed E-state index contributed by atoms with van der Waals surface area (Å²) < 4.78 is 5.60. The third-order valence-corrected chi connectivity index (χ3v) is 4.59. The fourth-order valence-electron chi connectivity index (χ4n) is 1.95. The van der Waals surface area contributed by atoms with Gasteiger partial charge in [-0.15, -0.1) is 11.3 Å². The van der Waals surface area contributed by atoms with Crippen LogP contribution in [0.3, 0.4) is 0 Å². The predicted octanol–water partition coefficient (Wildman–Crippen LogP) is 5.80. The van der Waals surface area contributed by atoms with Crippen LogP contribution in [0.25, 0.3) is 0 Å². The van der Waals surface area contributed by atoms with Gasteiger partial charge in [0, 0.05) is 22.8 Å². The van der Waals surface area contributed by atoms with Crippen molar-refractivity contribution >= 4 is 46.1 Å². The van der Waals surface area contributed by atoms with Gasteiger partial charge in [-0.25, -0.2) is 4.98 Å². The van der Waals surface area contributed by atoms with Crippen molar-refractivity contribution in [2.45, 2.75) is 6.92 Å². The van der Waals surface area contributed by atoms with Crippen molar-refractivity contribution < 1.29 is 9.53 Å². The van der Waals surface area contributed by atoms with Crippen LogP contribution in [0.4, 0.5) is 5.69 Å². The lowest BCUT2D eigenvalue weighted by atomic mass is 10.3. The van der Waals surface area contributed by atoms with Crippen LogP contribution >= 0.6 is 34.5 Å². The number of hydrogen-bond donors (Lipinski definition) is 1. The number of benzene rings is 1. The maximum atomic E-state index is 12.1. The molecule has 0 fully saturated rings. The van der Waals surface area contributed by atoms with Crippen molar-refractivity contribution in [3.05, 3.63) is 68.5 Å². The number of halogens is 2. The van der Waals surface area contributed by atoms with Gasteiger partial charge in [-0.2, -0.15) is 0 Å². The fraction of sp³-hybridized carbons (Fsp3) is 0.0588. The Balaban J connectivity index is 1.72. The third kappa shape index (κ3) is 4.06. The van der Waals surface area contributed by atoms with Crippen molar-refractivity contribution in [3.8, 4) is 11.6 Å². The molecule has 0 aliphatic carbocycles. The summed E-state index contributed by atoms with van der Waals surface area (Å²) in [7, 11) is 0. The summed E-state index contributed by atoms with van der Waals surface area (Å²) >= 11 is 13.4. The van der Waals surface area contributed by atoms with Crippen LogP contribution in [0.15, 0.2) is 48.7 Å². The lowest BCUT2D eigenvalue weighted by molar-refractivity contribution is 0.103. The van der Waals surface area contributed by atoms with Crippen LogP contribution in [0, 0.1) is 6.92 Å². The van der Waals surface area contributed by atoms with Gasteiger partial charge in [0.05, 0.1) is 14.9 Å². The van der Waals surface area contributed by atoms with Gasteiger partial charge in [-0.1, -0.05) is 23.2 Å². The average molecular weight is 379 g/mol. The summed E-state index contributed by atoms with van der Waals surface area (Å²) in [6.07, 6.45) is 1.49. The first kappa shape index (κ1) is 16.8. The van der Waals surface area contributed by atoms with E-state index in [1.165, 1.54) is 17.5 Å². The zero-order chi connectivity index (χ0) is 17.1. The third-order valence-electron chi connectivity index (χ3n) is 3.07. The maximum Gasteiger partial charge on any atom is 0.265 e. The average Bonchev–Trinajstić information content (AvgIpc) is 2.99. The normalized spacial score (nSPS) is 10.5. The fourth-order valence-corrected chi connectivity index (χ4v) is 3.04. The standard InChI is InChI=1S/C17H12Cl2N2O2S/c1-10-2-6-15(24-10)17(22)21-12-4-5-14(13(19)8-12)23-16-7-3-11(18)9-20-16/h2-9H,1H3,(H,21,22). The predicted molar refractivity (Wildman–Crippen MR) is 97.8 cm³/mol. The maximum absolute atomic E-state index is 12.1. The summed E-state index contributed by atoms with van der Waals surface area (Å²) in [6.45, 7) is 1.95. The minimum Gasteiger partial charge on any atom is -0.437 e. The molecule has 3 aromatic rings. The number of thiophene rings is 1. The molecule has 0 aliphatic rings. The molecule has 0 saturated carbocycles. The second-order valence-electron chi connectivity index (χ2n) is 4.93. The van der Waals surface area contributed by atoms with Gasteiger partial charge in [0.1, 0.15) is 5.75 Å². The number of aryl methyl sites for hydroxylation is 1. The summed E-state index contributed by atoms with van der Waals surface area (Å²) in [5.74, 6) is 0.654. The molecule has 2 heterocycles. The number of amides is 1. The molecule has 0 aliphatic heterocycles. The molecule has 0 radical (unpaired) electrons. The molecule has 1 N–H and O–H groups in total. The molecule has 4 nitrogen and oxygen atoms in total. The van der Waals surface area contributed by atoms with Crippen molar-refractivity contribution in [1.29, 1.82) is 0 Å². The van der Waals surface area contributed by atoms with Gasteiger partial charge in [0.2, 0.25) is 5.88 Å². The first-order valence-electron chi connectivity index (χ1n) is 6.98. The molecule has 7 heteroatoms. The molecule has 0 unspecified atom stereocenters. The summed E-state index contributed by atoms with van der Waals surface area (Å²) in [4.78, 5) is 17.9. The van der Waals surface area contributed by atoms with Crippen LogP contribution in [-0.4, -0.2) is 10.9 Å². The number of carbonyl (C=O) groups is 1. The molecule has 0 saturated heterocycles. The van der Waals surface area contributed by atoms with E-state index in [2.05, 4.69) is 10.3 Å². The molecular weight excluding hydrogens is 367 g/mol. The second-order valence-corrected chi connectivity index (χ2v) is 7.06. The zero-order valence-electron chi connectivity index (χ0n) is 12.5. The summed E-state index contributed by atoms with van der Waals surface area (Å²) in [6, 6.07) is 12.0. The summed E-state index contributed by atoms with van der Waals surface area (Å²) in [5, 5.41) is 3.70.